The van der Waals surface area contributed by atoms with Crippen molar-refractivity contribution in [3.05, 3.63) is 65.7 Å². The molecule has 3 aromatic heterocycles. The van der Waals surface area contributed by atoms with Crippen molar-refractivity contribution in [3.63, 3.8) is 0 Å². The number of carbonyl (C=O) groups is 1. The number of aryl methyl sites for hydroxylation is 1. The number of hydrogen-bond donors (Lipinski definition) is 0. The SMILES string of the molecule is Cc1cn2nc([C@@H]3CCCCN3C(=O)c3cccc4ccncc34)cc2nc1N1CC[C@H](C)C1. The lowest BCUT2D eigenvalue weighted by atomic mass is 9.97. The Bertz CT molecular complexity index is 1370. The second-order valence-corrected chi connectivity index (χ2v) is 9.87. The van der Waals surface area contributed by atoms with Gasteiger partial charge in [0.05, 0.1) is 11.7 Å². The van der Waals surface area contributed by atoms with Crippen LogP contribution < -0.4 is 4.90 Å². The van der Waals surface area contributed by atoms with Gasteiger partial charge in [-0.15, -0.1) is 0 Å². The molecule has 174 valence electrons. The first-order valence-electron chi connectivity index (χ1n) is 12.3. The zero-order valence-electron chi connectivity index (χ0n) is 19.8. The second kappa shape index (κ2) is 8.38. The normalized spacial score (nSPS) is 21.0. The van der Waals surface area contributed by atoms with Crippen LogP contribution in [-0.4, -0.2) is 50.0 Å². The highest BCUT2D eigenvalue weighted by Crippen LogP contribution is 2.34. The minimum atomic E-state index is -0.0505. The molecule has 0 unspecified atom stereocenters. The number of likely N-dealkylation sites (tertiary alicyclic amines) is 1. The summed E-state index contributed by atoms with van der Waals surface area (Å²) in [7, 11) is 0. The molecule has 5 heterocycles. The van der Waals surface area contributed by atoms with Gasteiger partial charge in [-0.2, -0.15) is 5.10 Å². The number of benzene rings is 1. The summed E-state index contributed by atoms with van der Waals surface area (Å²) in [5.41, 5.74) is 3.62. The third kappa shape index (κ3) is 3.59. The smallest absolute Gasteiger partial charge is 0.255 e. The topological polar surface area (TPSA) is 66.6 Å². The monoisotopic (exact) mass is 454 g/mol. The van der Waals surface area contributed by atoms with Crippen LogP contribution in [0, 0.1) is 12.8 Å². The van der Waals surface area contributed by atoms with Crippen LogP contribution in [0.1, 0.15) is 60.3 Å². The van der Waals surface area contributed by atoms with E-state index in [-0.39, 0.29) is 11.9 Å². The van der Waals surface area contributed by atoms with Gasteiger partial charge in [0, 0.05) is 60.8 Å². The van der Waals surface area contributed by atoms with Gasteiger partial charge >= 0.3 is 0 Å². The summed E-state index contributed by atoms with van der Waals surface area (Å²) in [6.07, 6.45) is 9.85. The Balaban J connectivity index is 1.35. The van der Waals surface area contributed by atoms with Crippen LogP contribution in [-0.2, 0) is 0 Å². The lowest BCUT2D eigenvalue weighted by Gasteiger charge is -2.35. The molecular weight excluding hydrogens is 424 g/mol. The molecule has 2 atom stereocenters. The summed E-state index contributed by atoms with van der Waals surface area (Å²) in [4.78, 5) is 27.4. The third-order valence-electron chi connectivity index (χ3n) is 7.37. The molecule has 0 bridgehead atoms. The number of pyridine rings is 1. The highest BCUT2D eigenvalue weighted by Gasteiger charge is 2.32. The van der Waals surface area contributed by atoms with Gasteiger partial charge in [-0.05, 0) is 56.0 Å². The number of fused-ring (bicyclic) bond motifs is 2. The Morgan fingerprint density at radius 3 is 2.88 bits per heavy atom. The van der Waals surface area contributed by atoms with Crippen LogP contribution in [0.5, 0.6) is 0 Å². The van der Waals surface area contributed by atoms with Gasteiger partial charge in [0.1, 0.15) is 5.82 Å². The zero-order chi connectivity index (χ0) is 23.2. The third-order valence-corrected chi connectivity index (χ3v) is 7.37. The average Bonchev–Trinajstić information content (AvgIpc) is 3.48. The van der Waals surface area contributed by atoms with Gasteiger partial charge in [0.2, 0.25) is 0 Å². The molecular formula is C27H30N6O. The number of amides is 1. The molecule has 0 N–H and O–H groups in total. The fourth-order valence-electron chi connectivity index (χ4n) is 5.57. The second-order valence-electron chi connectivity index (χ2n) is 9.87. The van der Waals surface area contributed by atoms with E-state index in [0.717, 1.165) is 72.4 Å². The van der Waals surface area contributed by atoms with E-state index in [0.29, 0.717) is 11.5 Å². The standard InChI is InChI=1S/C27H30N6O/c1-18-10-13-31(16-18)26-19(2)17-33-25(29-26)14-23(30-33)24-8-3-4-12-32(24)27(34)21-7-5-6-20-9-11-28-15-22(20)21/h5-7,9,11,14-15,17-18,24H,3-4,8,10,12-13,16H2,1-2H3/t18-,24-/m0/s1. The number of rotatable bonds is 3. The zero-order valence-corrected chi connectivity index (χ0v) is 19.8. The van der Waals surface area contributed by atoms with Crippen molar-refractivity contribution < 1.29 is 4.79 Å². The molecule has 0 radical (unpaired) electrons. The van der Waals surface area contributed by atoms with Crippen LogP contribution in [0.2, 0.25) is 0 Å². The highest BCUT2D eigenvalue weighted by atomic mass is 16.2. The summed E-state index contributed by atoms with van der Waals surface area (Å²) in [5.74, 6) is 1.81. The molecule has 0 aliphatic carbocycles. The molecule has 2 fully saturated rings. The molecule has 7 nitrogen and oxygen atoms in total. The predicted octanol–water partition coefficient (Wildman–Crippen LogP) is 4.80. The van der Waals surface area contributed by atoms with Gasteiger partial charge < -0.3 is 9.80 Å². The van der Waals surface area contributed by atoms with Gasteiger partial charge in [-0.3, -0.25) is 9.78 Å². The number of anilines is 1. The van der Waals surface area contributed by atoms with Crippen molar-refractivity contribution in [2.75, 3.05) is 24.5 Å². The molecule has 2 aliphatic heterocycles. The van der Waals surface area contributed by atoms with E-state index >= 15 is 0 Å². The maximum atomic E-state index is 13.8. The van der Waals surface area contributed by atoms with Gasteiger partial charge in [-0.25, -0.2) is 9.50 Å². The summed E-state index contributed by atoms with van der Waals surface area (Å²) < 4.78 is 1.88. The first-order chi connectivity index (χ1) is 16.6. The minimum absolute atomic E-state index is 0.0505. The summed E-state index contributed by atoms with van der Waals surface area (Å²) in [6, 6.07) is 9.86. The predicted molar refractivity (Wildman–Crippen MR) is 133 cm³/mol. The van der Waals surface area contributed by atoms with Crippen molar-refractivity contribution in [1.82, 2.24) is 24.5 Å². The van der Waals surface area contributed by atoms with Crippen LogP contribution >= 0.6 is 0 Å². The van der Waals surface area contributed by atoms with Crippen molar-refractivity contribution in [2.24, 2.45) is 5.92 Å². The lowest BCUT2D eigenvalue weighted by Crippen LogP contribution is -2.38. The summed E-state index contributed by atoms with van der Waals surface area (Å²) in [5, 5.41) is 6.83. The van der Waals surface area contributed by atoms with E-state index in [1.54, 1.807) is 12.4 Å². The van der Waals surface area contributed by atoms with Gasteiger partial charge in [0.15, 0.2) is 5.65 Å². The molecule has 2 aliphatic rings. The molecule has 2 saturated heterocycles. The Labute approximate surface area is 199 Å². The number of nitrogens with zero attached hydrogens (tertiary/aromatic N) is 6. The quantitative estimate of drug-likeness (QED) is 0.445. The first kappa shape index (κ1) is 21.1. The maximum absolute atomic E-state index is 13.8. The number of hydrogen-bond acceptors (Lipinski definition) is 5. The van der Waals surface area contributed by atoms with E-state index in [4.69, 9.17) is 10.1 Å². The average molecular weight is 455 g/mol. The van der Waals surface area contributed by atoms with E-state index in [2.05, 4.69) is 36.0 Å². The molecule has 4 aromatic rings. The van der Waals surface area contributed by atoms with Crippen LogP contribution in [0.3, 0.4) is 0 Å². The fraction of sp³-hybridized carbons (Fsp3) is 0.407. The van der Waals surface area contributed by atoms with Crippen LogP contribution in [0.25, 0.3) is 16.4 Å². The Morgan fingerprint density at radius 1 is 1.12 bits per heavy atom. The lowest BCUT2D eigenvalue weighted by molar-refractivity contribution is 0.0608. The van der Waals surface area contributed by atoms with Crippen LogP contribution in [0.4, 0.5) is 5.82 Å². The molecule has 34 heavy (non-hydrogen) atoms. The molecule has 0 spiro atoms. The number of carbonyl (C=O) groups excluding carboxylic acids is 1. The van der Waals surface area contributed by atoms with Gasteiger partial charge in [0.25, 0.3) is 5.91 Å². The highest BCUT2D eigenvalue weighted by molar-refractivity contribution is 6.06. The van der Waals surface area contributed by atoms with Crippen LogP contribution in [0.15, 0.2) is 48.9 Å². The number of piperidine rings is 1. The Morgan fingerprint density at radius 2 is 2.03 bits per heavy atom. The van der Waals surface area contributed by atoms with Crippen molar-refractivity contribution in [1.29, 1.82) is 0 Å². The fourth-order valence-corrected chi connectivity index (χ4v) is 5.57. The first-order valence-corrected chi connectivity index (χ1v) is 12.3. The Kier molecular flexibility index (Phi) is 5.20. The molecule has 1 amide bonds. The van der Waals surface area contributed by atoms with Crippen molar-refractivity contribution >= 4 is 28.1 Å². The molecule has 7 heteroatoms. The molecule has 6 rings (SSSR count). The van der Waals surface area contributed by atoms with E-state index < -0.39 is 0 Å². The van der Waals surface area contributed by atoms with E-state index in [9.17, 15) is 4.79 Å². The minimum Gasteiger partial charge on any atom is -0.356 e. The Hall–Kier alpha value is -3.48. The summed E-state index contributed by atoms with van der Waals surface area (Å²) >= 11 is 0. The molecule has 1 aromatic carbocycles. The number of aromatic nitrogens is 4. The van der Waals surface area contributed by atoms with Crippen molar-refractivity contribution in [2.45, 2.75) is 45.6 Å². The largest absolute Gasteiger partial charge is 0.356 e. The summed E-state index contributed by atoms with van der Waals surface area (Å²) in [6.45, 7) is 7.24. The van der Waals surface area contributed by atoms with Crippen molar-refractivity contribution in [3.8, 4) is 0 Å². The van der Waals surface area contributed by atoms with E-state index in [1.807, 2.05) is 33.7 Å². The van der Waals surface area contributed by atoms with E-state index in [1.165, 1.54) is 6.42 Å². The van der Waals surface area contributed by atoms with Gasteiger partial charge in [-0.1, -0.05) is 19.1 Å². The molecule has 0 saturated carbocycles. The maximum Gasteiger partial charge on any atom is 0.255 e.